The lowest BCUT2D eigenvalue weighted by atomic mass is 9.91. The highest BCUT2D eigenvalue weighted by Crippen LogP contribution is 2.34. The lowest BCUT2D eigenvalue weighted by Gasteiger charge is -2.19. The van der Waals surface area contributed by atoms with Gasteiger partial charge in [-0.05, 0) is 55.3 Å². The van der Waals surface area contributed by atoms with E-state index >= 15 is 0 Å². The second kappa shape index (κ2) is 7.73. The van der Waals surface area contributed by atoms with E-state index in [0.717, 1.165) is 11.1 Å². The average molecular weight is 340 g/mol. The fourth-order valence-corrected chi connectivity index (χ4v) is 3.15. The van der Waals surface area contributed by atoms with E-state index in [1.54, 1.807) is 6.07 Å². The number of hydrogen-bond acceptors (Lipinski definition) is 3. The summed E-state index contributed by atoms with van der Waals surface area (Å²) in [6.07, 6.45) is 0.667. The van der Waals surface area contributed by atoms with Crippen molar-refractivity contribution in [1.82, 2.24) is 0 Å². The number of benzene rings is 2. The van der Waals surface area contributed by atoms with Crippen molar-refractivity contribution >= 4 is 23.2 Å². The molecule has 0 heterocycles. The molecule has 0 aliphatic carbocycles. The summed E-state index contributed by atoms with van der Waals surface area (Å²) in [5.74, 6) is 0.604. The monoisotopic (exact) mass is 339 g/mol. The van der Waals surface area contributed by atoms with Gasteiger partial charge < -0.3 is 15.6 Å². The molecule has 118 valence electrons. The smallest absolute Gasteiger partial charge is 0.161 e. The van der Waals surface area contributed by atoms with E-state index < -0.39 is 0 Å². The van der Waals surface area contributed by atoms with Gasteiger partial charge in [0.15, 0.2) is 11.5 Å². The number of ether oxygens (including phenoxy) is 1. The van der Waals surface area contributed by atoms with Crippen LogP contribution in [0.25, 0.3) is 0 Å². The van der Waals surface area contributed by atoms with Crippen molar-refractivity contribution in [3.63, 3.8) is 0 Å². The van der Waals surface area contributed by atoms with E-state index in [4.69, 9.17) is 33.7 Å². The van der Waals surface area contributed by atoms with Crippen molar-refractivity contribution in [2.24, 2.45) is 5.73 Å². The van der Waals surface area contributed by atoms with E-state index in [9.17, 15) is 5.11 Å². The molecule has 0 aromatic heterocycles. The maximum Gasteiger partial charge on any atom is 0.161 e. The molecule has 1 unspecified atom stereocenters. The number of nitrogens with two attached hydrogens (primary N) is 1. The predicted octanol–water partition coefficient (Wildman–Crippen LogP) is 4.38. The molecule has 2 aromatic rings. The van der Waals surface area contributed by atoms with Crippen molar-refractivity contribution in [3.05, 3.63) is 57.6 Å². The number of halogens is 2. The van der Waals surface area contributed by atoms with Crippen molar-refractivity contribution in [2.75, 3.05) is 13.2 Å². The van der Waals surface area contributed by atoms with Gasteiger partial charge in [-0.1, -0.05) is 35.3 Å². The lowest BCUT2D eigenvalue weighted by Crippen LogP contribution is -2.16. The van der Waals surface area contributed by atoms with Crippen LogP contribution in [0.15, 0.2) is 36.4 Å². The summed E-state index contributed by atoms with van der Waals surface area (Å²) >= 11 is 12.5. The van der Waals surface area contributed by atoms with Gasteiger partial charge in [0.2, 0.25) is 0 Å². The molecule has 0 fully saturated rings. The number of aromatic hydroxyl groups is 1. The van der Waals surface area contributed by atoms with Crippen LogP contribution in [0.4, 0.5) is 0 Å². The lowest BCUT2D eigenvalue weighted by molar-refractivity contribution is 0.317. The van der Waals surface area contributed by atoms with Crippen molar-refractivity contribution in [2.45, 2.75) is 19.3 Å². The molecule has 3 N–H and O–H groups in total. The molecule has 2 aromatic carbocycles. The van der Waals surface area contributed by atoms with E-state index in [0.29, 0.717) is 35.4 Å². The van der Waals surface area contributed by atoms with Gasteiger partial charge in [0, 0.05) is 16.0 Å². The second-order valence-corrected chi connectivity index (χ2v) is 5.82. The van der Waals surface area contributed by atoms with Crippen LogP contribution in [0.5, 0.6) is 11.5 Å². The fourth-order valence-electron chi connectivity index (χ4n) is 2.45. The first-order valence-electron chi connectivity index (χ1n) is 7.15. The minimum atomic E-state index is 0.000203. The van der Waals surface area contributed by atoms with Crippen LogP contribution in [0, 0.1) is 0 Å². The fraction of sp³-hybridized carbons (Fsp3) is 0.294. The number of phenols is 1. The molecular weight excluding hydrogens is 321 g/mol. The zero-order valence-electron chi connectivity index (χ0n) is 12.4. The Balaban J connectivity index is 2.29. The zero-order valence-corrected chi connectivity index (χ0v) is 13.9. The first kappa shape index (κ1) is 16.9. The molecule has 0 radical (unpaired) electrons. The normalized spacial score (nSPS) is 12.2. The molecular formula is C17H19Cl2NO2. The SMILES string of the molecule is CCOc1cc(CC(CN)c2c(Cl)cccc2Cl)ccc1O. The standard InChI is InChI=1S/C17H19Cl2NO2/c1-2-22-16-9-11(6-7-15(16)21)8-12(10-20)17-13(18)4-3-5-14(17)19/h3-7,9,12,21H,2,8,10,20H2,1H3. The molecule has 0 saturated carbocycles. The first-order valence-corrected chi connectivity index (χ1v) is 7.91. The van der Waals surface area contributed by atoms with Crippen molar-refractivity contribution in [3.8, 4) is 11.5 Å². The summed E-state index contributed by atoms with van der Waals surface area (Å²) in [7, 11) is 0. The topological polar surface area (TPSA) is 55.5 Å². The molecule has 0 aliphatic rings. The van der Waals surface area contributed by atoms with E-state index in [1.165, 1.54) is 0 Å². The molecule has 3 nitrogen and oxygen atoms in total. The molecule has 0 aliphatic heterocycles. The van der Waals surface area contributed by atoms with Gasteiger partial charge in [0.1, 0.15) is 0 Å². The highest BCUT2D eigenvalue weighted by Gasteiger charge is 2.18. The van der Waals surface area contributed by atoms with Gasteiger partial charge in [0.25, 0.3) is 0 Å². The number of hydrogen-bond donors (Lipinski definition) is 2. The molecule has 5 heteroatoms. The third-order valence-electron chi connectivity index (χ3n) is 3.50. The van der Waals surface area contributed by atoms with Crippen LogP contribution in [0.1, 0.15) is 24.0 Å². The van der Waals surface area contributed by atoms with Gasteiger partial charge in [-0.3, -0.25) is 0 Å². The van der Waals surface area contributed by atoms with Crippen molar-refractivity contribution in [1.29, 1.82) is 0 Å². The van der Waals surface area contributed by atoms with Gasteiger partial charge in [-0.2, -0.15) is 0 Å². The average Bonchev–Trinajstić information content (AvgIpc) is 2.49. The van der Waals surface area contributed by atoms with E-state index in [-0.39, 0.29) is 11.7 Å². The summed E-state index contributed by atoms with van der Waals surface area (Å²) in [5.41, 5.74) is 7.79. The first-order chi connectivity index (χ1) is 10.6. The third kappa shape index (κ3) is 3.86. The molecule has 0 amide bonds. The quantitative estimate of drug-likeness (QED) is 0.820. The molecule has 22 heavy (non-hydrogen) atoms. The Morgan fingerprint density at radius 3 is 2.45 bits per heavy atom. The molecule has 1 atom stereocenters. The van der Waals surface area contributed by atoms with Gasteiger partial charge in [-0.25, -0.2) is 0 Å². The summed E-state index contributed by atoms with van der Waals surface area (Å²) in [6, 6.07) is 10.7. The maximum absolute atomic E-state index is 9.77. The Morgan fingerprint density at radius 2 is 1.86 bits per heavy atom. The molecule has 0 spiro atoms. The number of phenolic OH excluding ortho intramolecular Hbond substituents is 1. The number of rotatable bonds is 6. The van der Waals surface area contributed by atoms with Crippen molar-refractivity contribution < 1.29 is 9.84 Å². The predicted molar refractivity (Wildman–Crippen MR) is 91.2 cm³/mol. The van der Waals surface area contributed by atoms with Crippen LogP contribution in [0.2, 0.25) is 10.0 Å². The van der Waals surface area contributed by atoms with Crippen LogP contribution in [0.3, 0.4) is 0 Å². The minimum Gasteiger partial charge on any atom is -0.504 e. The third-order valence-corrected chi connectivity index (χ3v) is 4.16. The summed E-state index contributed by atoms with van der Waals surface area (Å²) in [4.78, 5) is 0. The van der Waals surface area contributed by atoms with Crippen LogP contribution < -0.4 is 10.5 Å². The highest BCUT2D eigenvalue weighted by molar-refractivity contribution is 6.36. The minimum absolute atomic E-state index is 0.000203. The second-order valence-electron chi connectivity index (χ2n) is 5.01. The van der Waals surface area contributed by atoms with Crippen LogP contribution >= 0.6 is 23.2 Å². The van der Waals surface area contributed by atoms with E-state index in [1.807, 2.05) is 37.3 Å². The summed E-state index contributed by atoms with van der Waals surface area (Å²) < 4.78 is 5.41. The molecule has 0 bridgehead atoms. The Morgan fingerprint density at radius 1 is 1.18 bits per heavy atom. The van der Waals surface area contributed by atoms with E-state index in [2.05, 4.69) is 0 Å². The Labute approximate surface area is 140 Å². The summed E-state index contributed by atoms with van der Waals surface area (Å²) in [5, 5.41) is 11.0. The van der Waals surface area contributed by atoms with Crippen LogP contribution in [-0.2, 0) is 6.42 Å². The van der Waals surface area contributed by atoms with Gasteiger partial charge in [0.05, 0.1) is 6.61 Å². The summed E-state index contributed by atoms with van der Waals surface area (Å²) in [6.45, 7) is 2.79. The Kier molecular flexibility index (Phi) is 5.95. The Bertz CT molecular complexity index is 626. The van der Waals surface area contributed by atoms with Crippen LogP contribution in [-0.4, -0.2) is 18.3 Å². The van der Waals surface area contributed by atoms with Gasteiger partial charge >= 0.3 is 0 Å². The Hall–Kier alpha value is -1.42. The largest absolute Gasteiger partial charge is 0.504 e. The highest BCUT2D eigenvalue weighted by atomic mass is 35.5. The molecule has 2 rings (SSSR count). The molecule has 0 saturated heterocycles. The zero-order chi connectivity index (χ0) is 16.1. The maximum atomic E-state index is 9.77. The van der Waals surface area contributed by atoms with Gasteiger partial charge in [-0.15, -0.1) is 0 Å².